The molecule has 16 heavy (non-hydrogen) atoms. The zero-order chi connectivity index (χ0) is 11.1. The number of benzene rings is 1. The summed E-state index contributed by atoms with van der Waals surface area (Å²) in [5.74, 6) is -0.399. The molecule has 3 rings (SSSR count). The fourth-order valence-corrected chi connectivity index (χ4v) is 3.14. The van der Waals surface area contributed by atoms with Crippen molar-refractivity contribution in [1.29, 1.82) is 0 Å². The van der Waals surface area contributed by atoms with Gasteiger partial charge in [0.25, 0.3) is 0 Å². The second-order valence-electron chi connectivity index (χ2n) is 4.97. The van der Waals surface area contributed by atoms with Crippen molar-refractivity contribution in [2.45, 2.75) is 43.7 Å². The topological polar surface area (TPSA) is 12.0 Å². The summed E-state index contributed by atoms with van der Waals surface area (Å²) in [5.41, 5.74) is 0.568. The average Bonchev–Trinajstić information content (AvgIpc) is 2.61. The van der Waals surface area contributed by atoms with E-state index in [4.69, 9.17) is 0 Å². The molecule has 1 N–H and O–H groups in total. The van der Waals surface area contributed by atoms with Gasteiger partial charge in [0.05, 0.1) is 0 Å². The van der Waals surface area contributed by atoms with Gasteiger partial charge >= 0.3 is 0 Å². The maximum Gasteiger partial charge on any atom is 0.126 e. The summed E-state index contributed by atoms with van der Waals surface area (Å²) in [7, 11) is 0. The maximum absolute atomic E-state index is 13.6. The van der Waals surface area contributed by atoms with E-state index in [1.54, 1.807) is 0 Å². The predicted octanol–water partition coefficient (Wildman–Crippen LogP) is 2.96. The number of hydrogen-bond donors (Lipinski definition) is 1. The molecule has 0 radical (unpaired) electrons. The Balaban J connectivity index is 1.89. The van der Waals surface area contributed by atoms with Gasteiger partial charge in [0.1, 0.15) is 11.6 Å². The number of fused-ring (bicyclic) bond motifs is 2. The molecule has 2 atom stereocenters. The van der Waals surface area contributed by atoms with Crippen LogP contribution in [0.3, 0.4) is 0 Å². The molecule has 0 spiro atoms. The molecule has 1 nitrogen and oxygen atoms in total. The summed E-state index contributed by atoms with van der Waals surface area (Å²) in [6, 6.07) is 4.81. The molecular formula is C13H15F2N. The minimum absolute atomic E-state index is 0.189. The number of piperidine rings is 1. The van der Waals surface area contributed by atoms with E-state index in [2.05, 4.69) is 5.32 Å². The van der Waals surface area contributed by atoms with E-state index < -0.39 is 0 Å². The Morgan fingerprint density at radius 1 is 1.06 bits per heavy atom. The van der Waals surface area contributed by atoms with Crippen LogP contribution >= 0.6 is 0 Å². The molecule has 2 heterocycles. The molecule has 2 fully saturated rings. The van der Waals surface area contributed by atoms with Crippen LogP contribution in [0.5, 0.6) is 0 Å². The minimum atomic E-state index is -0.331. The summed E-state index contributed by atoms with van der Waals surface area (Å²) in [6.45, 7) is 0. The highest BCUT2D eigenvalue weighted by molar-refractivity contribution is 5.24. The smallest absolute Gasteiger partial charge is 0.126 e. The van der Waals surface area contributed by atoms with Crippen molar-refractivity contribution in [3.63, 3.8) is 0 Å². The van der Waals surface area contributed by atoms with Crippen LogP contribution in [0.25, 0.3) is 0 Å². The second-order valence-corrected chi connectivity index (χ2v) is 4.97. The first kappa shape index (κ1) is 10.2. The Bertz CT molecular complexity index is 393. The van der Waals surface area contributed by atoms with Gasteiger partial charge in [-0.3, -0.25) is 0 Å². The SMILES string of the molecule is Fc1ccc(F)c(C2CC3CCC(C2)N3)c1. The van der Waals surface area contributed by atoms with Crippen molar-refractivity contribution in [1.82, 2.24) is 5.32 Å². The van der Waals surface area contributed by atoms with Crippen molar-refractivity contribution >= 4 is 0 Å². The van der Waals surface area contributed by atoms with Crippen molar-refractivity contribution in [3.05, 3.63) is 35.4 Å². The van der Waals surface area contributed by atoms with Crippen LogP contribution < -0.4 is 5.32 Å². The van der Waals surface area contributed by atoms with Crippen LogP contribution in [0.4, 0.5) is 8.78 Å². The number of hydrogen-bond acceptors (Lipinski definition) is 1. The van der Waals surface area contributed by atoms with Crippen LogP contribution in [0, 0.1) is 11.6 Å². The lowest BCUT2D eigenvalue weighted by Gasteiger charge is -2.29. The molecule has 1 aromatic rings. The Morgan fingerprint density at radius 2 is 1.75 bits per heavy atom. The highest BCUT2D eigenvalue weighted by Gasteiger charge is 2.35. The van der Waals surface area contributed by atoms with Gasteiger partial charge in [-0.05, 0) is 55.4 Å². The Kier molecular flexibility index (Phi) is 2.43. The first-order valence-electron chi connectivity index (χ1n) is 5.93. The number of halogens is 2. The third kappa shape index (κ3) is 1.73. The third-order valence-corrected chi connectivity index (χ3v) is 3.87. The second kappa shape index (κ2) is 3.81. The molecule has 86 valence electrons. The van der Waals surface area contributed by atoms with Gasteiger partial charge in [0, 0.05) is 12.1 Å². The fraction of sp³-hybridized carbons (Fsp3) is 0.538. The van der Waals surface area contributed by atoms with Crippen molar-refractivity contribution in [2.75, 3.05) is 0 Å². The van der Waals surface area contributed by atoms with Gasteiger partial charge in [0.2, 0.25) is 0 Å². The van der Waals surface area contributed by atoms with Crippen LogP contribution in [0.15, 0.2) is 18.2 Å². The summed E-state index contributed by atoms with van der Waals surface area (Å²) in [4.78, 5) is 0. The van der Waals surface area contributed by atoms with Crippen molar-refractivity contribution in [3.8, 4) is 0 Å². The first-order valence-corrected chi connectivity index (χ1v) is 5.93. The molecule has 2 aliphatic heterocycles. The standard InChI is InChI=1S/C13H15F2N/c14-9-1-4-13(15)12(7-9)8-5-10-2-3-11(6-8)16-10/h1,4,7-8,10-11,16H,2-3,5-6H2. The monoisotopic (exact) mass is 223 g/mol. The normalized spacial score (nSPS) is 33.0. The van der Waals surface area contributed by atoms with Crippen molar-refractivity contribution < 1.29 is 8.78 Å². The van der Waals surface area contributed by atoms with Gasteiger partial charge in [-0.25, -0.2) is 8.78 Å². The zero-order valence-electron chi connectivity index (χ0n) is 9.05. The number of nitrogens with one attached hydrogen (secondary N) is 1. The van der Waals surface area contributed by atoms with Gasteiger partial charge in [-0.15, -0.1) is 0 Å². The molecule has 2 saturated heterocycles. The molecule has 2 bridgehead atoms. The molecule has 0 amide bonds. The molecular weight excluding hydrogens is 208 g/mol. The zero-order valence-corrected chi connectivity index (χ0v) is 9.05. The summed E-state index contributed by atoms with van der Waals surface area (Å²) >= 11 is 0. The van der Waals surface area contributed by atoms with E-state index >= 15 is 0 Å². The third-order valence-electron chi connectivity index (χ3n) is 3.87. The van der Waals surface area contributed by atoms with E-state index in [1.165, 1.54) is 31.0 Å². The van der Waals surface area contributed by atoms with Gasteiger partial charge < -0.3 is 5.32 Å². The highest BCUT2D eigenvalue weighted by Crippen LogP contribution is 2.38. The lowest BCUT2D eigenvalue weighted by Crippen LogP contribution is -2.37. The van der Waals surface area contributed by atoms with E-state index in [-0.39, 0.29) is 17.6 Å². The summed E-state index contributed by atoms with van der Waals surface area (Å²) < 4.78 is 26.8. The Morgan fingerprint density at radius 3 is 2.44 bits per heavy atom. The van der Waals surface area contributed by atoms with E-state index in [0.717, 1.165) is 12.8 Å². The van der Waals surface area contributed by atoms with Crippen molar-refractivity contribution in [2.24, 2.45) is 0 Å². The minimum Gasteiger partial charge on any atom is -0.311 e. The predicted molar refractivity (Wildman–Crippen MR) is 58.3 cm³/mol. The average molecular weight is 223 g/mol. The number of rotatable bonds is 1. The molecule has 2 aliphatic rings. The van der Waals surface area contributed by atoms with Crippen LogP contribution in [0.2, 0.25) is 0 Å². The van der Waals surface area contributed by atoms with Gasteiger partial charge in [-0.2, -0.15) is 0 Å². The fourth-order valence-electron chi connectivity index (χ4n) is 3.14. The van der Waals surface area contributed by atoms with Gasteiger partial charge in [-0.1, -0.05) is 0 Å². The largest absolute Gasteiger partial charge is 0.311 e. The molecule has 0 aliphatic carbocycles. The molecule has 0 saturated carbocycles. The van der Waals surface area contributed by atoms with Crippen LogP contribution in [-0.4, -0.2) is 12.1 Å². The van der Waals surface area contributed by atoms with E-state index in [1.807, 2.05) is 0 Å². The van der Waals surface area contributed by atoms with E-state index in [0.29, 0.717) is 17.6 Å². The summed E-state index contributed by atoms with van der Waals surface area (Å²) in [5, 5.41) is 3.51. The molecule has 0 aromatic heterocycles. The lowest BCUT2D eigenvalue weighted by molar-refractivity contribution is 0.355. The first-order chi connectivity index (χ1) is 7.72. The van der Waals surface area contributed by atoms with Crippen LogP contribution in [-0.2, 0) is 0 Å². The lowest BCUT2D eigenvalue weighted by atomic mass is 9.86. The Hall–Kier alpha value is -0.960. The molecule has 1 aromatic carbocycles. The molecule has 3 heteroatoms. The maximum atomic E-state index is 13.6. The Labute approximate surface area is 93.9 Å². The van der Waals surface area contributed by atoms with Crippen LogP contribution in [0.1, 0.15) is 37.2 Å². The summed E-state index contributed by atoms with van der Waals surface area (Å²) in [6.07, 6.45) is 4.24. The molecule has 2 unspecified atom stereocenters. The quantitative estimate of drug-likeness (QED) is 0.771. The highest BCUT2D eigenvalue weighted by atomic mass is 19.1. The van der Waals surface area contributed by atoms with Gasteiger partial charge in [0.15, 0.2) is 0 Å². The van der Waals surface area contributed by atoms with E-state index in [9.17, 15) is 8.78 Å².